The molecule has 0 heterocycles. The third-order valence-electron chi connectivity index (χ3n) is 1.42. The third kappa shape index (κ3) is 2.68. The van der Waals surface area contributed by atoms with Crippen molar-refractivity contribution in [2.45, 2.75) is 13.0 Å². The smallest absolute Gasteiger partial charge is 0.314 e. The van der Waals surface area contributed by atoms with Crippen molar-refractivity contribution in [1.29, 1.82) is 0 Å². The molecular formula is C6H14N2O2. The zero-order valence-electron chi connectivity index (χ0n) is 6.63. The van der Waals surface area contributed by atoms with Gasteiger partial charge in [0.15, 0.2) is 0 Å². The number of carbonyl (C=O) groups excluding carboxylic acids is 1. The summed E-state index contributed by atoms with van der Waals surface area (Å²) in [5, 5.41) is 0. The molecule has 0 aliphatic heterocycles. The molecule has 0 fully saturated rings. The second kappa shape index (κ2) is 4.11. The molecule has 0 aromatic rings. The molecule has 2 amide bonds. The summed E-state index contributed by atoms with van der Waals surface area (Å²) in [6.45, 7) is 2.38. The number of ether oxygens (including phenoxy) is 1. The maximum atomic E-state index is 10.5. The first-order valence-corrected chi connectivity index (χ1v) is 3.10. The minimum absolute atomic E-state index is 0.0440. The number of nitrogens with two attached hydrogens (primary N) is 1. The van der Waals surface area contributed by atoms with Crippen molar-refractivity contribution in [1.82, 2.24) is 4.90 Å². The summed E-state index contributed by atoms with van der Waals surface area (Å²) in [7, 11) is 3.23. The minimum atomic E-state index is -0.426. The van der Waals surface area contributed by atoms with Gasteiger partial charge in [0.1, 0.15) is 0 Å². The number of nitrogens with zero attached hydrogens (tertiary/aromatic N) is 1. The molecule has 4 heteroatoms. The van der Waals surface area contributed by atoms with Gasteiger partial charge in [0.05, 0.1) is 12.6 Å². The highest BCUT2D eigenvalue weighted by atomic mass is 16.5. The fourth-order valence-corrected chi connectivity index (χ4v) is 0.570. The van der Waals surface area contributed by atoms with Crippen LogP contribution in [-0.2, 0) is 4.74 Å². The van der Waals surface area contributed by atoms with Gasteiger partial charge in [-0.2, -0.15) is 0 Å². The molecule has 0 aliphatic carbocycles. The van der Waals surface area contributed by atoms with Gasteiger partial charge in [-0.1, -0.05) is 0 Å². The van der Waals surface area contributed by atoms with Crippen LogP contribution in [0.5, 0.6) is 0 Å². The van der Waals surface area contributed by atoms with Crippen LogP contribution in [0.25, 0.3) is 0 Å². The predicted octanol–water partition coefficient (Wildman–Crippen LogP) is 0.0318. The molecule has 0 rings (SSSR count). The fraction of sp³-hybridized carbons (Fsp3) is 0.833. The summed E-state index contributed by atoms with van der Waals surface area (Å²) in [5.41, 5.74) is 5.00. The Morgan fingerprint density at radius 2 is 2.30 bits per heavy atom. The van der Waals surface area contributed by atoms with Crippen molar-refractivity contribution >= 4 is 6.03 Å². The number of carbonyl (C=O) groups is 1. The van der Waals surface area contributed by atoms with Crippen molar-refractivity contribution in [3.05, 3.63) is 0 Å². The van der Waals surface area contributed by atoms with Gasteiger partial charge in [0, 0.05) is 14.2 Å². The Kier molecular flexibility index (Phi) is 3.79. The third-order valence-corrected chi connectivity index (χ3v) is 1.42. The van der Waals surface area contributed by atoms with E-state index in [1.807, 2.05) is 6.92 Å². The Morgan fingerprint density at radius 3 is 2.60 bits per heavy atom. The van der Waals surface area contributed by atoms with Crippen molar-refractivity contribution in [2.75, 3.05) is 20.8 Å². The summed E-state index contributed by atoms with van der Waals surface area (Å²) in [6.07, 6.45) is 0. The van der Waals surface area contributed by atoms with Gasteiger partial charge < -0.3 is 15.4 Å². The van der Waals surface area contributed by atoms with Crippen molar-refractivity contribution < 1.29 is 9.53 Å². The monoisotopic (exact) mass is 146 g/mol. The normalized spacial score (nSPS) is 12.7. The Balaban J connectivity index is 3.69. The van der Waals surface area contributed by atoms with E-state index in [-0.39, 0.29) is 6.04 Å². The van der Waals surface area contributed by atoms with E-state index < -0.39 is 6.03 Å². The number of hydrogen-bond donors (Lipinski definition) is 1. The van der Waals surface area contributed by atoms with Crippen molar-refractivity contribution in [3.8, 4) is 0 Å². The lowest BCUT2D eigenvalue weighted by molar-refractivity contribution is 0.127. The van der Waals surface area contributed by atoms with Crippen LogP contribution in [0.1, 0.15) is 6.92 Å². The first-order chi connectivity index (χ1) is 4.59. The molecule has 0 bridgehead atoms. The van der Waals surface area contributed by atoms with Gasteiger partial charge in [0.2, 0.25) is 0 Å². The molecular weight excluding hydrogens is 132 g/mol. The number of likely N-dealkylation sites (N-methyl/N-ethyl adjacent to an activating group) is 1. The van der Waals surface area contributed by atoms with Crippen LogP contribution < -0.4 is 5.73 Å². The first kappa shape index (κ1) is 9.23. The maximum Gasteiger partial charge on any atom is 0.314 e. The van der Waals surface area contributed by atoms with Gasteiger partial charge in [-0.05, 0) is 6.92 Å². The van der Waals surface area contributed by atoms with Crippen molar-refractivity contribution in [2.24, 2.45) is 5.73 Å². The van der Waals surface area contributed by atoms with E-state index in [1.165, 1.54) is 4.90 Å². The highest BCUT2D eigenvalue weighted by Gasteiger charge is 2.10. The second-order valence-corrected chi connectivity index (χ2v) is 2.25. The fourth-order valence-electron chi connectivity index (χ4n) is 0.570. The van der Waals surface area contributed by atoms with Gasteiger partial charge in [0.25, 0.3) is 0 Å². The quantitative estimate of drug-likeness (QED) is 0.610. The molecule has 10 heavy (non-hydrogen) atoms. The van der Waals surface area contributed by atoms with Crippen LogP contribution >= 0.6 is 0 Å². The molecule has 0 aliphatic rings. The Labute approximate surface area is 60.9 Å². The molecule has 0 unspecified atom stereocenters. The van der Waals surface area contributed by atoms with Gasteiger partial charge in [-0.3, -0.25) is 0 Å². The zero-order valence-corrected chi connectivity index (χ0v) is 6.63. The van der Waals surface area contributed by atoms with Crippen LogP contribution in [0, 0.1) is 0 Å². The highest BCUT2D eigenvalue weighted by Crippen LogP contribution is 1.93. The number of primary amides is 1. The summed E-state index contributed by atoms with van der Waals surface area (Å²) in [5.74, 6) is 0. The number of hydrogen-bond acceptors (Lipinski definition) is 2. The largest absolute Gasteiger partial charge is 0.383 e. The zero-order chi connectivity index (χ0) is 8.15. The topological polar surface area (TPSA) is 55.6 Å². The molecule has 1 atom stereocenters. The average Bonchev–Trinajstić information content (AvgIpc) is 1.87. The lowest BCUT2D eigenvalue weighted by Crippen LogP contribution is -2.41. The van der Waals surface area contributed by atoms with E-state index in [4.69, 9.17) is 10.5 Å². The summed E-state index contributed by atoms with van der Waals surface area (Å²) < 4.78 is 4.83. The van der Waals surface area contributed by atoms with E-state index in [9.17, 15) is 4.79 Å². The van der Waals surface area contributed by atoms with E-state index in [1.54, 1.807) is 14.2 Å². The maximum absolute atomic E-state index is 10.5. The van der Waals surface area contributed by atoms with E-state index in [0.717, 1.165) is 0 Å². The van der Waals surface area contributed by atoms with Crippen LogP contribution in [0.15, 0.2) is 0 Å². The number of urea groups is 1. The standard InChI is InChI=1S/C6H14N2O2/c1-5(4-10-3)8(2)6(7)9/h5H,4H2,1-3H3,(H2,7,9)/t5-/m1/s1. The SMILES string of the molecule is COC[C@@H](C)N(C)C(N)=O. The number of rotatable bonds is 3. The summed E-state index contributed by atoms with van der Waals surface area (Å²) >= 11 is 0. The molecule has 0 saturated carbocycles. The molecule has 0 aromatic heterocycles. The van der Waals surface area contributed by atoms with Crippen LogP contribution in [0.2, 0.25) is 0 Å². The molecule has 60 valence electrons. The Hall–Kier alpha value is -0.770. The van der Waals surface area contributed by atoms with E-state index in [2.05, 4.69) is 0 Å². The Bertz CT molecular complexity index is 116. The van der Waals surface area contributed by atoms with E-state index in [0.29, 0.717) is 6.61 Å². The summed E-state index contributed by atoms with van der Waals surface area (Å²) in [6, 6.07) is -0.382. The number of amides is 2. The first-order valence-electron chi connectivity index (χ1n) is 3.10. The van der Waals surface area contributed by atoms with Crippen LogP contribution in [0.3, 0.4) is 0 Å². The second-order valence-electron chi connectivity index (χ2n) is 2.25. The van der Waals surface area contributed by atoms with Gasteiger partial charge >= 0.3 is 6.03 Å². The van der Waals surface area contributed by atoms with Crippen LogP contribution in [0.4, 0.5) is 4.79 Å². The predicted molar refractivity (Wildman–Crippen MR) is 38.7 cm³/mol. The average molecular weight is 146 g/mol. The molecule has 0 radical (unpaired) electrons. The van der Waals surface area contributed by atoms with Gasteiger partial charge in [-0.25, -0.2) is 4.79 Å². The summed E-state index contributed by atoms with van der Waals surface area (Å²) in [4.78, 5) is 11.9. The minimum Gasteiger partial charge on any atom is -0.383 e. The van der Waals surface area contributed by atoms with Crippen LogP contribution in [-0.4, -0.2) is 37.7 Å². The molecule has 0 spiro atoms. The molecule has 2 N–H and O–H groups in total. The number of methoxy groups -OCH3 is 1. The lowest BCUT2D eigenvalue weighted by Gasteiger charge is -2.21. The van der Waals surface area contributed by atoms with Crippen molar-refractivity contribution in [3.63, 3.8) is 0 Å². The highest BCUT2D eigenvalue weighted by molar-refractivity contribution is 5.71. The van der Waals surface area contributed by atoms with E-state index >= 15 is 0 Å². The molecule has 0 aromatic carbocycles. The molecule has 4 nitrogen and oxygen atoms in total. The Morgan fingerprint density at radius 1 is 1.80 bits per heavy atom. The van der Waals surface area contributed by atoms with Gasteiger partial charge in [-0.15, -0.1) is 0 Å². The molecule has 0 saturated heterocycles. The lowest BCUT2D eigenvalue weighted by atomic mass is 10.3.